The number of fused-ring (bicyclic) bond motifs is 1. The van der Waals surface area contributed by atoms with Crippen LogP contribution in [0.4, 0.5) is 10.1 Å². The Morgan fingerprint density at radius 1 is 1.20 bits per heavy atom. The van der Waals surface area contributed by atoms with Crippen molar-refractivity contribution in [2.24, 2.45) is 4.99 Å². The van der Waals surface area contributed by atoms with Crippen LogP contribution in [0.5, 0.6) is 0 Å². The van der Waals surface area contributed by atoms with Gasteiger partial charge in [-0.3, -0.25) is 10.3 Å². The predicted molar refractivity (Wildman–Crippen MR) is 114 cm³/mol. The van der Waals surface area contributed by atoms with E-state index in [1.807, 2.05) is 24.3 Å². The van der Waals surface area contributed by atoms with Gasteiger partial charge in [0.1, 0.15) is 16.5 Å². The molecule has 1 spiro atoms. The van der Waals surface area contributed by atoms with E-state index < -0.39 is 21.4 Å². The highest BCUT2D eigenvalue weighted by atomic mass is 32.2. The summed E-state index contributed by atoms with van der Waals surface area (Å²) in [4.78, 5) is 4.40. The molecule has 0 saturated carbocycles. The van der Waals surface area contributed by atoms with Gasteiger partial charge in [0, 0.05) is 32.4 Å². The highest BCUT2D eigenvalue weighted by molar-refractivity contribution is 7.89. The van der Waals surface area contributed by atoms with Crippen molar-refractivity contribution < 1.29 is 17.5 Å². The molecule has 1 atom stereocenters. The van der Waals surface area contributed by atoms with E-state index >= 15 is 0 Å². The van der Waals surface area contributed by atoms with E-state index in [1.54, 1.807) is 7.11 Å². The van der Waals surface area contributed by atoms with Crippen LogP contribution in [0.15, 0.2) is 58.4 Å². The molecule has 9 heteroatoms. The summed E-state index contributed by atoms with van der Waals surface area (Å²) in [7, 11) is -2.35. The maximum atomic E-state index is 14.2. The highest BCUT2D eigenvalue weighted by Crippen LogP contribution is 2.33. The molecule has 4 rings (SSSR count). The number of amidine groups is 1. The van der Waals surface area contributed by atoms with Gasteiger partial charge < -0.3 is 10.1 Å². The topological polar surface area (TPSA) is 83.0 Å². The fraction of sp³-hybridized carbons (Fsp3) is 0.381. The Hall–Kier alpha value is -2.33. The lowest BCUT2D eigenvalue weighted by atomic mass is 9.97. The van der Waals surface area contributed by atoms with Crippen LogP contribution in [0, 0.1) is 5.82 Å². The van der Waals surface area contributed by atoms with Crippen LogP contribution < -0.4 is 10.6 Å². The quantitative estimate of drug-likeness (QED) is 0.708. The maximum Gasteiger partial charge on any atom is 0.246 e. The Bertz CT molecular complexity index is 1060. The molecule has 0 radical (unpaired) electrons. The van der Waals surface area contributed by atoms with Gasteiger partial charge in [0.2, 0.25) is 10.0 Å². The van der Waals surface area contributed by atoms with Crippen LogP contribution in [-0.4, -0.2) is 57.4 Å². The zero-order valence-corrected chi connectivity index (χ0v) is 17.6. The lowest BCUT2D eigenvalue weighted by molar-refractivity contribution is 0.207. The third kappa shape index (κ3) is 3.85. The zero-order valence-electron chi connectivity index (χ0n) is 16.8. The number of ether oxygens (including phenoxy) is 1. The number of aliphatic imine (C=N–C) groups is 1. The molecular weight excluding hydrogens is 407 g/mol. The first-order valence-corrected chi connectivity index (χ1v) is 11.3. The summed E-state index contributed by atoms with van der Waals surface area (Å²) in [5.41, 5.74) is 1.32. The van der Waals surface area contributed by atoms with Crippen molar-refractivity contribution in [3.63, 3.8) is 0 Å². The van der Waals surface area contributed by atoms with Crippen LogP contribution in [0.25, 0.3) is 0 Å². The molecule has 2 N–H and O–H groups in total. The number of nitrogens with zero attached hydrogens (tertiary/aromatic N) is 2. The Morgan fingerprint density at radius 2 is 1.97 bits per heavy atom. The maximum absolute atomic E-state index is 14.2. The summed E-state index contributed by atoms with van der Waals surface area (Å²) in [6.45, 7) is 1.91. The highest BCUT2D eigenvalue weighted by Gasteiger charge is 2.47. The number of hydrogen-bond acceptors (Lipinski definition) is 5. The van der Waals surface area contributed by atoms with Crippen molar-refractivity contribution in [3.05, 3.63) is 59.9 Å². The van der Waals surface area contributed by atoms with Crippen LogP contribution in [-0.2, 0) is 21.3 Å². The van der Waals surface area contributed by atoms with Crippen molar-refractivity contribution in [3.8, 4) is 0 Å². The van der Waals surface area contributed by atoms with Gasteiger partial charge >= 0.3 is 0 Å². The van der Waals surface area contributed by atoms with Crippen molar-refractivity contribution >= 4 is 21.5 Å². The van der Waals surface area contributed by atoms with Gasteiger partial charge in [0.25, 0.3) is 0 Å². The third-order valence-electron chi connectivity index (χ3n) is 5.60. The lowest BCUT2D eigenvalue weighted by Gasteiger charge is -2.30. The molecule has 0 aliphatic carbocycles. The minimum absolute atomic E-state index is 0.163. The summed E-state index contributed by atoms with van der Waals surface area (Å²) in [5, 5.41) is 6.94. The van der Waals surface area contributed by atoms with Gasteiger partial charge in [-0.25, -0.2) is 12.8 Å². The number of halogens is 1. The summed E-state index contributed by atoms with van der Waals surface area (Å²) in [6, 6.07) is 13.4. The monoisotopic (exact) mass is 432 g/mol. The Morgan fingerprint density at radius 3 is 2.77 bits per heavy atom. The Labute approximate surface area is 176 Å². The second kappa shape index (κ2) is 8.43. The largest absolute Gasteiger partial charge is 0.383 e. The van der Waals surface area contributed by atoms with E-state index in [-0.39, 0.29) is 18.0 Å². The molecule has 2 aliphatic rings. The van der Waals surface area contributed by atoms with Crippen molar-refractivity contribution in [2.45, 2.75) is 23.4 Å². The van der Waals surface area contributed by atoms with Crippen LogP contribution in [0.1, 0.15) is 12.0 Å². The molecule has 1 saturated heterocycles. The number of rotatable bonds is 5. The zero-order chi connectivity index (χ0) is 21.2. The van der Waals surface area contributed by atoms with Gasteiger partial charge in [-0.15, -0.1) is 0 Å². The molecule has 7 nitrogen and oxygen atoms in total. The number of hydrogen-bond donors (Lipinski definition) is 2. The first-order chi connectivity index (χ1) is 14.5. The molecule has 1 unspecified atom stereocenters. The smallest absolute Gasteiger partial charge is 0.246 e. The summed E-state index contributed by atoms with van der Waals surface area (Å²) in [6.07, 6.45) is 0.521. The molecule has 2 heterocycles. The van der Waals surface area contributed by atoms with Gasteiger partial charge in [0.15, 0.2) is 0 Å². The minimum atomic E-state index is -3.96. The predicted octanol–water partition coefficient (Wildman–Crippen LogP) is 2.22. The molecule has 30 heavy (non-hydrogen) atoms. The average Bonchev–Trinajstić information content (AvgIpc) is 3.12. The van der Waals surface area contributed by atoms with Gasteiger partial charge in [0.05, 0.1) is 18.7 Å². The molecule has 2 aromatic carbocycles. The van der Waals surface area contributed by atoms with E-state index in [1.165, 1.54) is 28.6 Å². The van der Waals surface area contributed by atoms with Crippen LogP contribution >= 0.6 is 0 Å². The minimum Gasteiger partial charge on any atom is -0.383 e. The molecule has 0 bridgehead atoms. The molecule has 2 aliphatic heterocycles. The number of methoxy groups -OCH3 is 1. The third-order valence-corrected chi connectivity index (χ3v) is 7.47. The first kappa shape index (κ1) is 20.9. The van der Waals surface area contributed by atoms with Crippen molar-refractivity contribution in [1.29, 1.82) is 0 Å². The second-order valence-corrected chi connectivity index (χ2v) is 9.37. The standard InChI is InChI=1S/C21H25FN4O3S/c1-29-13-11-23-20-21(24-14-16-6-2-4-8-18(16)25-20)10-12-26(15-21)30(27,28)19-9-5-3-7-17(19)22/h2-9,24H,10-15H2,1H3,(H,23,25). The summed E-state index contributed by atoms with van der Waals surface area (Å²) < 4.78 is 47.0. The van der Waals surface area contributed by atoms with Crippen LogP contribution in [0.2, 0.25) is 0 Å². The van der Waals surface area contributed by atoms with Crippen LogP contribution in [0.3, 0.4) is 0 Å². The average molecular weight is 433 g/mol. The molecule has 0 aromatic heterocycles. The van der Waals surface area contributed by atoms with E-state index in [4.69, 9.17) is 9.73 Å². The first-order valence-electron chi connectivity index (χ1n) is 9.85. The van der Waals surface area contributed by atoms with Crippen molar-refractivity contribution in [2.75, 3.05) is 38.7 Å². The summed E-state index contributed by atoms with van der Waals surface area (Å²) >= 11 is 0. The Kier molecular flexibility index (Phi) is 5.88. The van der Waals surface area contributed by atoms with E-state index in [9.17, 15) is 12.8 Å². The number of sulfonamides is 1. The SMILES string of the molecule is COCCN=C1Nc2ccccc2CNC12CCN(S(=O)(=O)c1ccccc1F)C2. The van der Waals surface area contributed by atoms with Gasteiger partial charge in [-0.2, -0.15) is 4.31 Å². The van der Waals surface area contributed by atoms with Crippen molar-refractivity contribution in [1.82, 2.24) is 9.62 Å². The van der Waals surface area contributed by atoms with Gasteiger partial charge in [-0.05, 0) is 30.2 Å². The molecule has 1 fully saturated rings. The van der Waals surface area contributed by atoms with E-state index in [0.717, 1.165) is 11.3 Å². The molecular formula is C21H25FN4O3S. The summed E-state index contributed by atoms with van der Waals surface area (Å²) in [5.74, 6) is -0.0671. The Balaban J connectivity index is 1.67. The number of nitrogens with one attached hydrogen (secondary N) is 2. The lowest BCUT2D eigenvalue weighted by Crippen LogP contribution is -2.55. The van der Waals surface area contributed by atoms with Gasteiger partial charge in [-0.1, -0.05) is 30.3 Å². The normalized spacial score (nSPS) is 23.3. The number of para-hydroxylation sites is 1. The fourth-order valence-corrected chi connectivity index (χ4v) is 5.51. The molecule has 0 amide bonds. The number of anilines is 1. The second-order valence-electron chi connectivity index (χ2n) is 7.46. The van der Waals surface area contributed by atoms with E-state index in [0.29, 0.717) is 32.0 Å². The molecule has 2 aromatic rings. The fourth-order valence-electron chi connectivity index (χ4n) is 3.94. The number of benzene rings is 2. The molecule has 160 valence electrons. The van der Waals surface area contributed by atoms with E-state index in [2.05, 4.69) is 10.6 Å².